The predicted octanol–water partition coefficient (Wildman–Crippen LogP) is 5.13. The minimum atomic E-state index is -0.383. The van der Waals surface area contributed by atoms with Crippen LogP contribution in [-0.2, 0) is 11.2 Å². The van der Waals surface area contributed by atoms with E-state index < -0.39 is 0 Å². The summed E-state index contributed by atoms with van der Waals surface area (Å²) < 4.78 is 5.31. The summed E-state index contributed by atoms with van der Waals surface area (Å²) in [4.78, 5) is 24.0. The van der Waals surface area contributed by atoms with Crippen LogP contribution < -0.4 is 15.4 Å². The van der Waals surface area contributed by atoms with Crippen molar-refractivity contribution in [3.63, 3.8) is 0 Å². The zero-order valence-corrected chi connectivity index (χ0v) is 15.1. The van der Waals surface area contributed by atoms with Crippen molar-refractivity contribution in [2.24, 2.45) is 0 Å². The summed E-state index contributed by atoms with van der Waals surface area (Å²) in [6.07, 6.45) is 0.199. The molecule has 0 aliphatic heterocycles. The van der Waals surface area contributed by atoms with E-state index in [1.54, 1.807) is 48.5 Å². The molecule has 0 radical (unpaired) electrons. The highest BCUT2D eigenvalue weighted by molar-refractivity contribution is 6.30. The van der Waals surface area contributed by atoms with Crippen LogP contribution in [0.25, 0.3) is 0 Å². The predicted molar refractivity (Wildman–Crippen MR) is 106 cm³/mol. The van der Waals surface area contributed by atoms with Gasteiger partial charge in [0.1, 0.15) is 5.75 Å². The Bertz CT molecular complexity index is 910. The van der Waals surface area contributed by atoms with E-state index in [-0.39, 0.29) is 18.4 Å². The Balaban J connectivity index is 1.51. The topological polar surface area (TPSA) is 67.4 Å². The van der Waals surface area contributed by atoms with E-state index >= 15 is 0 Å². The molecular formula is C21H17ClN2O3. The molecule has 0 heterocycles. The molecule has 3 rings (SSSR count). The molecule has 3 aromatic carbocycles. The molecule has 27 heavy (non-hydrogen) atoms. The van der Waals surface area contributed by atoms with Gasteiger partial charge in [-0.2, -0.15) is 0 Å². The molecule has 0 aliphatic rings. The fraction of sp³-hybridized carbons (Fsp3) is 0.0476. The lowest BCUT2D eigenvalue weighted by atomic mass is 10.2. The second-order valence-electron chi connectivity index (χ2n) is 5.75. The molecule has 2 amide bonds. The molecule has 136 valence electrons. The highest BCUT2D eigenvalue weighted by Gasteiger charge is 2.07. The maximum atomic E-state index is 12.0. The summed E-state index contributed by atoms with van der Waals surface area (Å²) in [5.74, 6) is 0.0713. The maximum absolute atomic E-state index is 12.0. The lowest BCUT2D eigenvalue weighted by Crippen LogP contribution is -2.19. The van der Waals surface area contributed by atoms with E-state index in [9.17, 15) is 9.59 Å². The first-order chi connectivity index (χ1) is 13.1. The molecule has 0 saturated carbocycles. The average molecular weight is 381 g/mol. The zero-order valence-electron chi connectivity index (χ0n) is 14.3. The highest BCUT2D eigenvalue weighted by Crippen LogP contribution is 2.18. The number of rotatable bonds is 5. The lowest BCUT2D eigenvalue weighted by molar-refractivity contribution is -0.133. The second-order valence-corrected chi connectivity index (χ2v) is 6.18. The molecule has 0 atom stereocenters. The van der Waals surface area contributed by atoms with E-state index in [4.69, 9.17) is 16.3 Å². The van der Waals surface area contributed by atoms with Crippen LogP contribution >= 0.6 is 11.6 Å². The van der Waals surface area contributed by atoms with Crippen LogP contribution in [0.15, 0.2) is 78.9 Å². The number of nitrogens with one attached hydrogen (secondary N) is 2. The monoisotopic (exact) mass is 380 g/mol. The van der Waals surface area contributed by atoms with Gasteiger partial charge in [0.15, 0.2) is 0 Å². The van der Waals surface area contributed by atoms with Gasteiger partial charge in [-0.15, -0.1) is 0 Å². The van der Waals surface area contributed by atoms with Gasteiger partial charge in [-0.1, -0.05) is 41.9 Å². The molecule has 0 saturated heterocycles. The van der Waals surface area contributed by atoms with E-state index in [2.05, 4.69) is 10.6 Å². The van der Waals surface area contributed by atoms with E-state index in [1.807, 2.05) is 30.3 Å². The second kappa shape index (κ2) is 8.87. The third kappa shape index (κ3) is 5.87. The normalized spacial score (nSPS) is 10.1. The molecule has 0 aliphatic carbocycles. The Morgan fingerprint density at radius 3 is 1.93 bits per heavy atom. The standard InChI is InChI=1S/C21H17ClN2O3/c22-16-6-8-17(9-7-16)23-21(26)24-18-10-12-19(13-11-18)27-20(25)14-15-4-2-1-3-5-15/h1-13H,14H2,(H2,23,24,26). The quantitative estimate of drug-likeness (QED) is 0.476. The van der Waals surface area contributed by atoms with E-state index in [0.717, 1.165) is 5.56 Å². The van der Waals surface area contributed by atoms with Crippen LogP contribution in [0.3, 0.4) is 0 Å². The molecule has 0 bridgehead atoms. The smallest absolute Gasteiger partial charge is 0.323 e. The number of carbonyl (C=O) groups is 2. The van der Waals surface area contributed by atoms with Crippen molar-refractivity contribution < 1.29 is 14.3 Å². The molecular weight excluding hydrogens is 364 g/mol. The first-order valence-electron chi connectivity index (χ1n) is 8.27. The summed E-state index contributed by atoms with van der Waals surface area (Å²) in [5, 5.41) is 6.00. The average Bonchev–Trinajstić information content (AvgIpc) is 2.66. The number of hydrogen-bond acceptors (Lipinski definition) is 3. The van der Waals surface area contributed by atoms with Gasteiger partial charge in [0.25, 0.3) is 0 Å². The van der Waals surface area contributed by atoms with Crippen LogP contribution in [-0.4, -0.2) is 12.0 Å². The van der Waals surface area contributed by atoms with Crippen molar-refractivity contribution in [1.82, 2.24) is 0 Å². The van der Waals surface area contributed by atoms with Gasteiger partial charge in [-0.05, 0) is 54.1 Å². The summed E-state index contributed by atoms with van der Waals surface area (Å²) in [7, 11) is 0. The summed E-state index contributed by atoms with van der Waals surface area (Å²) in [6.45, 7) is 0. The van der Waals surface area contributed by atoms with E-state index in [1.165, 1.54) is 0 Å². The Morgan fingerprint density at radius 1 is 0.778 bits per heavy atom. The fourth-order valence-corrected chi connectivity index (χ4v) is 2.49. The number of ether oxygens (including phenoxy) is 1. The van der Waals surface area contributed by atoms with E-state index in [0.29, 0.717) is 22.1 Å². The first-order valence-corrected chi connectivity index (χ1v) is 8.64. The molecule has 2 N–H and O–H groups in total. The minimum Gasteiger partial charge on any atom is -0.426 e. The van der Waals surface area contributed by atoms with Crippen molar-refractivity contribution in [1.29, 1.82) is 0 Å². The third-order valence-corrected chi connectivity index (χ3v) is 3.89. The number of halogens is 1. The lowest BCUT2D eigenvalue weighted by Gasteiger charge is -2.09. The van der Waals surface area contributed by atoms with Gasteiger partial charge < -0.3 is 15.4 Å². The Kier molecular flexibility index (Phi) is 6.07. The molecule has 0 aromatic heterocycles. The van der Waals surface area contributed by atoms with Crippen LogP contribution in [0.1, 0.15) is 5.56 Å². The van der Waals surface area contributed by atoms with Gasteiger partial charge in [0, 0.05) is 16.4 Å². The number of hydrogen-bond donors (Lipinski definition) is 2. The summed E-state index contributed by atoms with van der Waals surface area (Å²) in [6, 6.07) is 22.4. The third-order valence-electron chi connectivity index (χ3n) is 3.64. The molecule has 6 heteroatoms. The maximum Gasteiger partial charge on any atom is 0.323 e. The number of urea groups is 1. The Hall–Kier alpha value is -3.31. The number of carbonyl (C=O) groups excluding carboxylic acids is 2. The van der Waals surface area contributed by atoms with Crippen LogP contribution in [0.5, 0.6) is 5.75 Å². The number of benzene rings is 3. The van der Waals surface area contributed by atoms with Crippen LogP contribution in [0.2, 0.25) is 5.02 Å². The number of esters is 1. The zero-order chi connectivity index (χ0) is 19.1. The molecule has 3 aromatic rings. The van der Waals surface area contributed by atoms with Gasteiger partial charge in [-0.25, -0.2) is 4.79 Å². The summed E-state index contributed by atoms with van der Waals surface area (Å²) >= 11 is 5.81. The minimum absolute atomic E-state index is 0.199. The summed E-state index contributed by atoms with van der Waals surface area (Å²) in [5.41, 5.74) is 2.09. The Morgan fingerprint density at radius 2 is 1.33 bits per heavy atom. The van der Waals surface area contributed by atoms with Crippen molar-refractivity contribution in [3.8, 4) is 5.75 Å². The largest absolute Gasteiger partial charge is 0.426 e. The Labute approximate surface area is 161 Å². The number of anilines is 2. The van der Waals surface area contributed by atoms with Gasteiger partial charge >= 0.3 is 12.0 Å². The SMILES string of the molecule is O=C(Nc1ccc(Cl)cc1)Nc1ccc(OC(=O)Cc2ccccc2)cc1. The van der Waals surface area contributed by atoms with Gasteiger partial charge in [0.05, 0.1) is 6.42 Å². The van der Waals surface area contributed by atoms with Gasteiger partial charge in [0.2, 0.25) is 0 Å². The fourth-order valence-electron chi connectivity index (χ4n) is 2.36. The highest BCUT2D eigenvalue weighted by atomic mass is 35.5. The molecule has 5 nitrogen and oxygen atoms in total. The van der Waals surface area contributed by atoms with Crippen molar-refractivity contribution in [2.45, 2.75) is 6.42 Å². The molecule has 0 spiro atoms. The van der Waals surface area contributed by atoms with Crippen LogP contribution in [0, 0.1) is 0 Å². The van der Waals surface area contributed by atoms with Gasteiger partial charge in [-0.3, -0.25) is 4.79 Å². The molecule has 0 unspecified atom stereocenters. The number of amides is 2. The van der Waals surface area contributed by atoms with Crippen molar-refractivity contribution in [2.75, 3.05) is 10.6 Å². The van der Waals surface area contributed by atoms with Crippen LogP contribution in [0.4, 0.5) is 16.2 Å². The van der Waals surface area contributed by atoms with Crippen molar-refractivity contribution >= 4 is 35.0 Å². The molecule has 0 fully saturated rings. The first kappa shape index (κ1) is 18.5. The van der Waals surface area contributed by atoms with Crippen molar-refractivity contribution in [3.05, 3.63) is 89.4 Å².